The van der Waals surface area contributed by atoms with Crippen molar-refractivity contribution >= 4 is 34.7 Å². The second-order valence-corrected chi connectivity index (χ2v) is 8.18. The van der Waals surface area contributed by atoms with Crippen molar-refractivity contribution in [2.45, 2.75) is 18.9 Å². The Balaban J connectivity index is 1.92. The maximum Gasteiger partial charge on any atom is 0.325 e. The van der Waals surface area contributed by atoms with Crippen LogP contribution in [0.15, 0.2) is 53.3 Å². The number of amides is 1. The average molecular weight is 455 g/mol. The van der Waals surface area contributed by atoms with Gasteiger partial charge in [0.05, 0.1) is 31.9 Å². The van der Waals surface area contributed by atoms with Gasteiger partial charge in [-0.15, -0.1) is 0 Å². The van der Waals surface area contributed by atoms with Gasteiger partial charge in [-0.1, -0.05) is 29.5 Å². The van der Waals surface area contributed by atoms with Gasteiger partial charge in [-0.25, -0.2) is 0 Å². The van der Waals surface area contributed by atoms with Crippen molar-refractivity contribution in [2.24, 2.45) is 0 Å². The Labute approximate surface area is 188 Å². The van der Waals surface area contributed by atoms with Crippen molar-refractivity contribution in [3.8, 4) is 11.5 Å². The van der Waals surface area contributed by atoms with Gasteiger partial charge >= 0.3 is 10.8 Å². The SMILES string of the molecule is COC(=O)Cn1c2c(sc1=O)C(c1cccc(OC)c1)CC(=O)N2c1cccc(OC)c1. The average Bonchev–Trinajstić information content (AvgIpc) is 3.13. The van der Waals surface area contributed by atoms with E-state index in [0.717, 1.165) is 16.9 Å². The number of esters is 1. The third-order valence-corrected chi connectivity index (χ3v) is 6.45. The molecular weight excluding hydrogens is 432 g/mol. The van der Waals surface area contributed by atoms with E-state index >= 15 is 0 Å². The zero-order valence-corrected chi connectivity index (χ0v) is 18.7. The Morgan fingerprint density at radius 2 is 1.72 bits per heavy atom. The fraction of sp³-hybridized carbons (Fsp3) is 0.261. The molecule has 9 heteroatoms. The van der Waals surface area contributed by atoms with Crippen LogP contribution in [0.25, 0.3) is 0 Å². The van der Waals surface area contributed by atoms with Crippen LogP contribution in [0.3, 0.4) is 0 Å². The predicted octanol–water partition coefficient (Wildman–Crippen LogP) is 3.30. The highest BCUT2D eigenvalue weighted by molar-refractivity contribution is 7.10. The normalized spacial score (nSPS) is 15.3. The molecule has 1 amide bonds. The summed E-state index contributed by atoms with van der Waals surface area (Å²) in [6, 6.07) is 14.5. The van der Waals surface area contributed by atoms with Gasteiger partial charge < -0.3 is 14.2 Å². The molecule has 2 heterocycles. The van der Waals surface area contributed by atoms with Gasteiger partial charge in [0.15, 0.2) is 0 Å². The molecule has 1 atom stereocenters. The summed E-state index contributed by atoms with van der Waals surface area (Å²) in [7, 11) is 4.38. The largest absolute Gasteiger partial charge is 0.497 e. The van der Waals surface area contributed by atoms with E-state index in [0.29, 0.717) is 27.9 Å². The van der Waals surface area contributed by atoms with Crippen LogP contribution in [0, 0.1) is 0 Å². The van der Waals surface area contributed by atoms with E-state index in [1.807, 2.05) is 24.3 Å². The van der Waals surface area contributed by atoms with Crippen molar-refractivity contribution < 1.29 is 23.8 Å². The van der Waals surface area contributed by atoms with Gasteiger partial charge in [-0.2, -0.15) is 0 Å². The molecule has 0 bridgehead atoms. The van der Waals surface area contributed by atoms with Crippen molar-refractivity contribution in [2.75, 3.05) is 26.2 Å². The second kappa shape index (κ2) is 8.88. The number of fused-ring (bicyclic) bond motifs is 1. The summed E-state index contributed by atoms with van der Waals surface area (Å²) in [5, 5.41) is 0. The van der Waals surface area contributed by atoms with Crippen molar-refractivity contribution in [3.63, 3.8) is 0 Å². The Kier molecular flexibility index (Phi) is 6.00. The summed E-state index contributed by atoms with van der Waals surface area (Å²) < 4.78 is 16.7. The topological polar surface area (TPSA) is 87.1 Å². The lowest BCUT2D eigenvalue weighted by Gasteiger charge is -2.32. The number of thiazole rings is 1. The first kappa shape index (κ1) is 21.6. The van der Waals surface area contributed by atoms with Gasteiger partial charge in [0.1, 0.15) is 23.9 Å². The molecule has 4 rings (SSSR count). The molecule has 166 valence electrons. The van der Waals surface area contributed by atoms with Crippen molar-refractivity contribution in [1.82, 2.24) is 4.57 Å². The van der Waals surface area contributed by atoms with E-state index in [9.17, 15) is 14.4 Å². The van der Waals surface area contributed by atoms with E-state index in [-0.39, 0.29) is 29.7 Å². The van der Waals surface area contributed by atoms with Crippen LogP contribution < -0.4 is 19.2 Å². The number of ether oxygens (including phenoxy) is 3. The molecule has 0 N–H and O–H groups in total. The molecule has 8 nitrogen and oxygen atoms in total. The standard InChI is InChI=1S/C23H22N2O6S/c1-29-16-8-4-6-14(10-16)18-12-19(26)25(15-7-5-9-17(11-15)30-2)22-21(18)32-23(28)24(22)13-20(27)31-3/h4-11,18H,12-13H2,1-3H3. The number of methoxy groups -OCH3 is 3. The van der Waals surface area contributed by atoms with Gasteiger partial charge in [-0.3, -0.25) is 23.9 Å². The number of carbonyl (C=O) groups excluding carboxylic acids is 2. The Bertz CT molecular complexity index is 1230. The lowest BCUT2D eigenvalue weighted by Crippen LogP contribution is -2.36. The molecule has 0 fully saturated rings. The van der Waals surface area contributed by atoms with Crippen LogP contribution in [-0.4, -0.2) is 37.8 Å². The van der Waals surface area contributed by atoms with E-state index in [1.54, 1.807) is 38.5 Å². The van der Waals surface area contributed by atoms with Gasteiger partial charge in [-0.05, 0) is 29.8 Å². The molecule has 1 aliphatic rings. The first-order valence-corrected chi connectivity index (χ1v) is 10.7. The summed E-state index contributed by atoms with van der Waals surface area (Å²) in [5.41, 5.74) is 1.41. The molecular formula is C23H22N2O6S. The maximum atomic E-state index is 13.4. The quantitative estimate of drug-likeness (QED) is 0.531. The van der Waals surface area contributed by atoms with Crippen molar-refractivity contribution in [1.29, 1.82) is 0 Å². The highest BCUT2D eigenvalue weighted by atomic mass is 32.1. The molecule has 1 unspecified atom stereocenters. The summed E-state index contributed by atoms with van der Waals surface area (Å²) >= 11 is 1.03. The van der Waals surface area contributed by atoms with Crippen LogP contribution in [-0.2, 0) is 20.9 Å². The minimum Gasteiger partial charge on any atom is -0.497 e. The third kappa shape index (κ3) is 3.87. The number of carbonyl (C=O) groups is 2. The predicted molar refractivity (Wildman–Crippen MR) is 120 cm³/mol. The second-order valence-electron chi connectivity index (χ2n) is 7.18. The molecule has 3 aromatic rings. The maximum absolute atomic E-state index is 13.4. The van der Waals surface area contributed by atoms with E-state index in [1.165, 1.54) is 16.6 Å². The number of rotatable bonds is 6. The number of anilines is 2. The number of benzene rings is 2. The molecule has 0 aliphatic carbocycles. The number of aromatic nitrogens is 1. The van der Waals surface area contributed by atoms with Crippen LogP contribution >= 0.6 is 11.3 Å². The highest BCUT2D eigenvalue weighted by Gasteiger charge is 2.38. The van der Waals surface area contributed by atoms with Gasteiger partial charge in [0.2, 0.25) is 5.91 Å². The molecule has 0 radical (unpaired) electrons. The zero-order chi connectivity index (χ0) is 22.8. The molecule has 1 aromatic heterocycles. The highest BCUT2D eigenvalue weighted by Crippen LogP contribution is 2.45. The lowest BCUT2D eigenvalue weighted by molar-refractivity contribution is -0.141. The Morgan fingerprint density at radius 3 is 2.41 bits per heavy atom. The smallest absolute Gasteiger partial charge is 0.325 e. The van der Waals surface area contributed by atoms with Gasteiger partial charge in [0, 0.05) is 18.4 Å². The van der Waals surface area contributed by atoms with E-state index in [4.69, 9.17) is 14.2 Å². The minimum absolute atomic E-state index is 0.162. The third-order valence-electron chi connectivity index (χ3n) is 5.37. The molecule has 0 saturated heterocycles. The summed E-state index contributed by atoms with van der Waals surface area (Å²) in [6.45, 7) is -0.292. The summed E-state index contributed by atoms with van der Waals surface area (Å²) in [5.74, 6) is 0.495. The number of nitrogens with zero attached hydrogens (tertiary/aromatic N) is 2. The molecule has 32 heavy (non-hydrogen) atoms. The van der Waals surface area contributed by atoms with Crippen molar-refractivity contribution in [3.05, 3.63) is 68.6 Å². The summed E-state index contributed by atoms with van der Waals surface area (Å²) in [6.07, 6.45) is 0.162. The zero-order valence-electron chi connectivity index (χ0n) is 17.9. The summed E-state index contributed by atoms with van der Waals surface area (Å²) in [4.78, 5) is 40.3. The van der Waals surface area contributed by atoms with E-state index in [2.05, 4.69) is 0 Å². The van der Waals surface area contributed by atoms with Gasteiger partial charge in [0.25, 0.3) is 0 Å². The van der Waals surface area contributed by atoms with Crippen LogP contribution in [0.4, 0.5) is 11.5 Å². The minimum atomic E-state index is -0.575. The molecule has 1 aliphatic heterocycles. The lowest BCUT2D eigenvalue weighted by atomic mass is 9.90. The fourth-order valence-electron chi connectivity index (χ4n) is 3.83. The number of hydrogen-bond acceptors (Lipinski definition) is 7. The molecule has 0 saturated carbocycles. The first-order chi connectivity index (χ1) is 15.5. The van der Waals surface area contributed by atoms with Crippen LogP contribution in [0.1, 0.15) is 22.8 Å². The van der Waals surface area contributed by atoms with E-state index < -0.39 is 5.97 Å². The molecule has 2 aromatic carbocycles. The number of hydrogen-bond donors (Lipinski definition) is 0. The Hall–Kier alpha value is -3.59. The fourth-order valence-corrected chi connectivity index (χ4v) is 4.93. The van der Waals surface area contributed by atoms with Crippen LogP contribution in [0.2, 0.25) is 0 Å². The Morgan fingerprint density at radius 1 is 1.03 bits per heavy atom. The molecule has 0 spiro atoms. The first-order valence-electron chi connectivity index (χ1n) is 9.88. The monoisotopic (exact) mass is 454 g/mol. The van der Waals surface area contributed by atoms with Crippen LogP contribution in [0.5, 0.6) is 11.5 Å².